The molecule has 0 bridgehead atoms. The third-order valence-corrected chi connectivity index (χ3v) is 3.28. The highest BCUT2D eigenvalue weighted by molar-refractivity contribution is 7.80. The number of hydrogen-bond donors (Lipinski definition) is 1. The second kappa shape index (κ2) is 7.19. The van der Waals surface area contributed by atoms with E-state index < -0.39 is 0 Å². The van der Waals surface area contributed by atoms with Gasteiger partial charge in [0, 0.05) is 24.6 Å². The van der Waals surface area contributed by atoms with Crippen LogP contribution in [0.4, 0.5) is 4.39 Å². The molecule has 1 rings (SSSR count). The van der Waals surface area contributed by atoms with Crippen molar-refractivity contribution < 1.29 is 9.18 Å². The number of carbonyl (C=O) groups is 1. The third-order valence-electron chi connectivity index (χ3n) is 3.07. The number of rotatable bonds is 6. The Hall–Kier alpha value is -1.49. The van der Waals surface area contributed by atoms with Crippen LogP contribution in [0.3, 0.4) is 0 Å². The van der Waals surface area contributed by atoms with Crippen molar-refractivity contribution in [2.45, 2.75) is 32.7 Å². The molecule has 1 unspecified atom stereocenters. The summed E-state index contributed by atoms with van der Waals surface area (Å²) >= 11 is 4.85. The predicted octanol–water partition coefficient (Wildman–Crippen LogP) is 2.74. The molecule has 1 atom stereocenters. The number of thiocarbonyl (C=S) groups is 1. The molecule has 0 aromatic heterocycles. The minimum Gasteiger partial charge on any atom is -0.393 e. The van der Waals surface area contributed by atoms with E-state index in [1.807, 2.05) is 13.8 Å². The monoisotopic (exact) mass is 282 g/mol. The van der Waals surface area contributed by atoms with Crippen LogP contribution in [0, 0.1) is 5.82 Å². The van der Waals surface area contributed by atoms with Crippen LogP contribution in [0.1, 0.15) is 37.0 Å². The first-order chi connectivity index (χ1) is 8.95. The molecule has 0 heterocycles. The van der Waals surface area contributed by atoms with Crippen molar-refractivity contribution in [1.29, 1.82) is 0 Å². The summed E-state index contributed by atoms with van der Waals surface area (Å²) in [7, 11) is 0. The molecule has 1 aromatic rings. The van der Waals surface area contributed by atoms with Crippen LogP contribution in [-0.4, -0.2) is 28.4 Å². The summed E-state index contributed by atoms with van der Waals surface area (Å²) in [4.78, 5) is 14.5. The van der Waals surface area contributed by atoms with Gasteiger partial charge in [-0.3, -0.25) is 4.79 Å². The highest BCUT2D eigenvalue weighted by Gasteiger charge is 2.20. The van der Waals surface area contributed by atoms with Crippen LogP contribution in [0.25, 0.3) is 0 Å². The maximum Gasteiger partial charge on any atom is 0.254 e. The van der Waals surface area contributed by atoms with E-state index in [1.54, 1.807) is 4.90 Å². The summed E-state index contributed by atoms with van der Waals surface area (Å²) in [6.07, 6.45) is 1.33. The quantitative estimate of drug-likeness (QED) is 0.816. The molecule has 2 N–H and O–H groups in total. The van der Waals surface area contributed by atoms with Crippen LogP contribution in [-0.2, 0) is 0 Å². The Balaban J connectivity index is 2.87. The summed E-state index contributed by atoms with van der Waals surface area (Å²) in [5.41, 5.74) is 5.96. The van der Waals surface area contributed by atoms with Gasteiger partial charge in [-0.25, -0.2) is 4.39 Å². The van der Waals surface area contributed by atoms with Crippen LogP contribution in [0.15, 0.2) is 24.3 Å². The van der Waals surface area contributed by atoms with Gasteiger partial charge in [-0.05, 0) is 37.6 Å². The lowest BCUT2D eigenvalue weighted by atomic mass is 10.1. The number of halogens is 1. The molecule has 0 aliphatic carbocycles. The molecule has 0 fully saturated rings. The van der Waals surface area contributed by atoms with Gasteiger partial charge in [-0.1, -0.05) is 19.1 Å². The first-order valence-corrected chi connectivity index (χ1v) is 6.71. The summed E-state index contributed by atoms with van der Waals surface area (Å²) in [5, 5.41) is 0. The second-order valence-electron chi connectivity index (χ2n) is 4.48. The summed E-state index contributed by atoms with van der Waals surface area (Å²) in [6, 6.07) is 5.65. The highest BCUT2D eigenvalue weighted by Crippen LogP contribution is 2.12. The maximum absolute atomic E-state index is 12.9. The van der Waals surface area contributed by atoms with Crippen molar-refractivity contribution >= 4 is 23.1 Å². The van der Waals surface area contributed by atoms with Gasteiger partial charge < -0.3 is 10.6 Å². The maximum atomic E-state index is 12.9. The molecular weight excluding hydrogens is 263 g/mol. The van der Waals surface area contributed by atoms with E-state index in [0.29, 0.717) is 23.5 Å². The minimum absolute atomic E-state index is 0.0897. The summed E-state index contributed by atoms with van der Waals surface area (Å²) in [5.74, 6) is -0.472. The van der Waals surface area contributed by atoms with Gasteiger partial charge in [0.15, 0.2) is 0 Å². The van der Waals surface area contributed by atoms with Crippen molar-refractivity contribution in [3.63, 3.8) is 0 Å². The third kappa shape index (κ3) is 4.59. The molecule has 0 radical (unpaired) electrons. The van der Waals surface area contributed by atoms with Gasteiger partial charge in [0.1, 0.15) is 5.82 Å². The van der Waals surface area contributed by atoms with Gasteiger partial charge in [0.25, 0.3) is 5.91 Å². The fraction of sp³-hybridized carbons (Fsp3) is 0.429. The van der Waals surface area contributed by atoms with Crippen molar-refractivity contribution in [3.05, 3.63) is 35.6 Å². The van der Waals surface area contributed by atoms with E-state index in [2.05, 4.69) is 0 Å². The Labute approximate surface area is 118 Å². The van der Waals surface area contributed by atoms with Gasteiger partial charge in [-0.2, -0.15) is 0 Å². The predicted molar refractivity (Wildman–Crippen MR) is 78.6 cm³/mol. The zero-order valence-electron chi connectivity index (χ0n) is 11.2. The van der Waals surface area contributed by atoms with Gasteiger partial charge >= 0.3 is 0 Å². The Kier molecular flexibility index (Phi) is 5.89. The fourth-order valence-corrected chi connectivity index (χ4v) is 1.82. The number of amides is 1. The lowest BCUT2D eigenvalue weighted by Crippen LogP contribution is -2.40. The van der Waals surface area contributed by atoms with Crippen molar-refractivity contribution in [3.8, 4) is 0 Å². The standard InChI is InChI=1S/C14H19FN2OS/c1-3-10(2)17(9-8-13(16)19)14(18)11-4-6-12(15)7-5-11/h4-7,10H,3,8-9H2,1-2H3,(H2,16,19). The molecule has 0 aliphatic rings. The zero-order valence-corrected chi connectivity index (χ0v) is 12.0. The molecule has 0 spiro atoms. The largest absolute Gasteiger partial charge is 0.393 e. The molecule has 0 saturated heterocycles. The Morgan fingerprint density at radius 2 is 2.00 bits per heavy atom. The SMILES string of the molecule is CCC(C)N(CCC(N)=S)C(=O)c1ccc(F)cc1. The van der Waals surface area contributed by atoms with Crippen LogP contribution in [0.2, 0.25) is 0 Å². The van der Waals surface area contributed by atoms with Crippen molar-refractivity contribution in [2.24, 2.45) is 5.73 Å². The average molecular weight is 282 g/mol. The number of nitrogens with two attached hydrogens (primary N) is 1. The molecule has 19 heavy (non-hydrogen) atoms. The van der Waals surface area contributed by atoms with Crippen molar-refractivity contribution in [1.82, 2.24) is 4.90 Å². The van der Waals surface area contributed by atoms with E-state index in [-0.39, 0.29) is 17.8 Å². The van der Waals surface area contributed by atoms with Gasteiger partial charge in [-0.15, -0.1) is 0 Å². The Bertz CT molecular complexity index is 447. The summed E-state index contributed by atoms with van der Waals surface area (Å²) < 4.78 is 12.9. The van der Waals surface area contributed by atoms with Crippen LogP contribution in [0.5, 0.6) is 0 Å². The molecule has 3 nitrogen and oxygen atoms in total. The smallest absolute Gasteiger partial charge is 0.254 e. The van der Waals surface area contributed by atoms with Crippen LogP contribution >= 0.6 is 12.2 Å². The van der Waals surface area contributed by atoms with Crippen molar-refractivity contribution in [2.75, 3.05) is 6.54 Å². The first kappa shape index (κ1) is 15.6. The number of nitrogens with zero attached hydrogens (tertiary/aromatic N) is 1. The highest BCUT2D eigenvalue weighted by atomic mass is 32.1. The lowest BCUT2D eigenvalue weighted by molar-refractivity contribution is 0.0694. The molecule has 1 aromatic carbocycles. The first-order valence-electron chi connectivity index (χ1n) is 6.30. The topological polar surface area (TPSA) is 46.3 Å². The number of benzene rings is 1. The molecule has 1 amide bonds. The van der Waals surface area contributed by atoms with E-state index in [4.69, 9.17) is 18.0 Å². The molecular formula is C14H19FN2OS. The normalized spacial score (nSPS) is 11.9. The Morgan fingerprint density at radius 3 is 2.47 bits per heavy atom. The molecule has 0 saturated carbocycles. The van der Waals surface area contributed by atoms with Gasteiger partial charge in [0.2, 0.25) is 0 Å². The molecule has 5 heteroatoms. The molecule has 0 aliphatic heterocycles. The average Bonchev–Trinajstić information content (AvgIpc) is 2.38. The molecule has 104 valence electrons. The fourth-order valence-electron chi connectivity index (χ4n) is 1.73. The van der Waals surface area contributed by atoms with Gasteiger partial charge in [0.05, 0.1) is 4.99 Å². The van der Waals surface area contributed by atoms with E-state index in [0.717, 1.165) is 6.42 Å². The van der Waals surface area contributed by atoms with Crippen LogP contribution < -0.4 is 5.73 Å². The summed E-state index contributed by atoms with van der Waals surface area (Å²) in [6.45, 7) is 4.47. The zero-order chi connectivity index (χ0) is 14.4. The number of carbonyl (C=O) groups excluding carboxylic acids is 1. The minimum atomic E-state index is -0.352. The number of hydrogen-bond acceptors (Lipinski definition) is 2. The van der Waals surface area contributed by atoms with E-state index >= 15 is 0 Å². The Morgan fingerprint density at radius 1 is 1.42 bits per heavy atom. The second-order valence-corrected chi connectivity index (χ2v) is 5.00. The van der Waals surface area contributed by atoms with E-state index in [1.165, 1.54) is 24.3 Å². The van der Waals surface area contributed by atoms with E-state index in [9.17, 15) is 9.18 Å². The lowest BCUT2D eigenvalue weighted by Gasteiger charge is -2.28.